The number of aromatic nitrogens is 1. The number of piperidine rings is 1. The first kappa shape index (κ1) is 20.0. The lowest BCUT2D eigenvalue weighted by Gasteiger charge is -2.31. The molecule has 29 heavy (non-hydrogen) atoms. The molecule has 156 valence electrons. The smallest absolute Gasteiger partial charge is 0.290 e. The highest BCUT2D eigenvalue weighted by Crippen LogP contribution is 2.28. The van der Waals surface area contributed by atoms with Crippen LogP contribution in [0, 0.1) is 0 Å². The number of methoxy groups -OCH3 is 1. The largest absolute Gasteiger partial charge is 0.497 e. The second-order valence-corrected chi connectivity index (χ2v) is 8.35. The van der Waals surface area contributed by atoms with E-state index in [1.807, 2.05) is 18.2 Å². The molecule has 1 unspecified atom stereocenters. The SMILES string of the molecule is COc1ccc(CN2CCCC(c3cc(C(=O)NC4CCCCC4)on3)C2)cc1. The molecule has 2 heterocycles. The van der Waals surface area contributed by atoms with Crippen LogP contribution in [0.4, 0.5) is 0 Å². The average molecular weight is 398 g/mol. The molecule has 1 aliphatic heterocycles. The van der Waals surface area contributed by atoms with Gasteiger partial charge in [-0.3, -0.25) is 9.69 Å². The van der Waals surface area contributed by atoms with Crippen molar-refractivity contribution >= 4 is 5.91 Å². The summed E-state index contributed by atoms with van der Waals surface area (Å²) in [6, 6.07) is 10.4. The topological polar surface area (TPSA) is 67.6 Å². The molecule has 1 saturated heterocycles. The maximum Gasteiger partial charge on any atom is 0.290 e. The van der Waals surface area contributed by atoms with Crippen LogP contribution < -0.4 is 10.1 Å². The van der Waals surface area contributed by atoms with Crippen LogP contribution in [0.3, 0.4) is 0 Å². The minimum absolute atomic E-state index is 0.124. The second kappa shape index (κ2) is 9.44. The molecular weight excluding hydrogens is 366 g/mol. The van der Waals surface area contributed by atoms with Crippen LogP contribution in [0.5, 0.6) is 5.75 Å². The van der Waals surface area contributed by atoms with Crippen molar-refractivity contribution in [2.24, 2.45) is 0 Å². The lowest BCUT2D eigenvalue weighted by molar-refractivity contribution is 0.0890. The van der Waals surface area contributed by atoms with Crippen LogP contribution in [-0.4, -0.2) is 42.2 Å². The van der Waals surface area contributed by atoms with Crippen LogP contribution in [0.15, 0.2) is 34.9 Å². The number of nitrogens with one attached hydrogen (secondary N) is 1. The first-order chi connectivity index (χ1) is 14.2. The van der Waals surface area contributed by atoms with Gasteiger partial charge in [0.1, 0.15) is 5.75 Å². The van der Waals surface area contributed by atoms with Gasteiger partial charge in [-0.2, -0.15) is 0 Å². The van der Waals surface area contributed by atoms with E-state index in [1.165, 1.54) is 24.8 Å². The van der Waals surface area contributed by atoms with E-state index in [1.54, 1.807) is 7.11 Å². The summed E-state index contributed by atoms with van der Waals surface area (Å²) < 4.78 is 10.6. The van der Waals surface area contributed by atoms with E-state index in [4.69, 9.17) is 9.26 Å². The number of ether oxygens (including phenoxy) is 1. The lowest BCUT2D eigenvalue weighted by Crippen LogP contribution is -2.36. The van der Waals surface area contributed by atoms with Gasteiger partial charge in [-0.15, -0.1) is 0 Å². The number of carbonyl (C=O) groups is 1. The van der Waals surface area contributed by atoms with E-state index >= 15 is 0 Å². The van der Waals surface area contributed by atoms with E-state index in [-0.39, 0.29) is 11.9 Å². The highest BCUT2D eigenvalue weighted by molar-refractivity contribution is 5.91. The maximum atomic E-state index is 12.5. The summed E-state index contributed by atoms with van der Waals surface area (Å²) in [6.45, 7) is 2.92. The molecule has 1 aromatic heterocycles. The zero-order valence-electron chi connectivity index (χ0n) is 17.2. The number of benzene rings is 1. The quantitative estimate of drug-likeness (QED) is 0.794. The van der Waals surface area contributed by atoms with Crippen molar-refractivity contribution in [3.63, 3.8) is 0 Å². The summed E-state index contributed by atoms with van der Waals surface area (Å²) >= 11 is 0. The number of hydrogen-bond donors (Lipinski definition) is 1. The monoisotopic (exact) mass is 397 g/mol. The Morgan fingerprint density at radius 3 is 2.72 bits per heavy atom. The Kier molecular flexibility index (Phi) is 6.49. The fourth-order valence-corrected chi connectivity index (χ4v) is 4.52. The number of amides is 1. The molecule has 6 nitrogen and oxygen atoms in total. The Labute approximate surface area is 172 Å². The number of likely N-dealkylation sites (tertiary alicyclic amines) is 1. The van der Waals surface area contributed by atoms with E-state index in [0.717, 1.165) is 56.8 Å². The minimum Gasteiger partial charge on any atom is -0.497 e. The molecule has 1 atom stereocenters. The summed E-state index contributed by atoms with van der Waals surface area (Å²) in [5.41, 5.74) is 2.18. The Balaban J connectivity index is 1.33. The van der Waals surface area contributed by atoms with Crippen molar-refractivity contribution < 1.29 is 14.1 Å². The molecule has 1 saturated carbocycles. The molecule has 1 aliphatic carbocycles. The van der Waals surface area contributed by atoms with Crippen molar-refractivity contribution in [2.45, 2.75) is 63.5 Å². The van der Waals surface area contributed by atoms with Crippen LogP contribution >= 0.6 is 0 Å². The first-order valence-electron chi connectivity index (χ1n) is 10.8. The van der Waals surface area contributed by atoms with Gasteiger partial charge in [-0.25, -0.2) is 0 Å². The van der Waals surface area contributed by atoms with Crippen molar-refractivity contribution in [2.75, 3.05) is 20.2 Å². The highest BCUT2D eigenvalue weighted by atomic mass is 16.5. The summed E-state index contributed by atoms with van der Waals surface area (Å²) in [5, 5.41) is 7.35. The lowest BCUT2D eigenvalue weighted by atomic mass is 9.94. The minimum atomic E-state index is -0.124. The molecule has 1 aromatic carbocycles. The van der Waals surface area contributed by atoms with E-state index in [2.05, 4.69) is 27.5 Å². The standard InChI is InChI=1S/C23H31N3O3/c1-28-20-11-9-17(10-12-20)15-26-13-5-6-18(16-26)21-14-22(29-25-21)23(27)24-19-7-3-2-4-8-19/h9-12,14,18-19H,2-8,13,15-16H2,1H3,(H,24,27). The molecule has 0 radical (unpaired) electrons. The molecule has 0 spiro atoms. The molecule has 1 amide bonds. The molecule has 4 rings (SSSR count). The normalized spacial score (nSPS) is 21.1. The second-order valence-electron chi connectivity index (χ2n) is 8.35. The van der Waals surface area contributed by atoms with Crippen LogP contribution in [0.2, 0.25) is 0 Å². The summed E-state index contributed by atoms with van der Waals surface area (Å²) in [7, 11) is 1.69. The Hall–Kier alpha value is -2.34. The predicted octanol–water partition coefficient (Wildman–Crippen LogP) is 4.13. The summed E-state index contributed by atoms with van der Waals surface area (Å²) in [4.78, 5) is 15.0. The highest BCUT2D eigenvalue weighted by Gasteiger charge is 2.26. The number of rotatable bonds is 6. The third-order valence-corrected chi connectivity index (χ3v) is 6.18. The van der Waals surface area contributed by atoms with E-state index < -0.39 is 0 Å². The predicted molar refractivity (Wildman–Crippen MR) is 111 cm³/mol. The van der Waals surface area contributed by atoms with Gasteiger partial charge in [-0.1, -0.05) is 36.6 Å². The first-order valence-corrected chi connectivity index (χ1v) is 10.8. The average Bonchev–Trinajstić information content (AvgIpc) is 3.26. The molecule has 0 bridgehead atoms. The van der Waals surface area contributed by atoms with Gasteiger partial charge in [0.25, 0.3) is 5.91 Å². The molecule has 1 N–H and O–H groups in total. The van der Waals surface area contributed by atoms with Gasteiger partial charge >= 0.3 is 0 Å². The van der Waals surface area contributed by atoms with Crippen LogP contribution in [-0.2, 0) is 6.54 Å². The Morgan fingerprint density at radius 1 is 1.17 bits per heavy atom. The number of carbonyl (C=O) groups excluding carboxylic acids is 1. The Bertz CT molecular complexity index is 796. The molecular formula is C23H31N3O3. The third kappa shape index (κ3) is 5.18. The van der Waals surface area contributed by atoms with Crippen molar-refractivity contribution in [1.29, 1.82) is 0 Å². The van der Waals surface area contributed by atoms with Gasteiger partial charge in [0.15, 0.2) is 0 Å². The number of nitrogens with zero attached hydrogens (tertiary/aromatic N) is 2. The fraction of sp³-hybridized carbons (Fsp3) is 0.565. The van der Waals surface area contributed by atoms with Crippen molar-refractivity contribution in [1.82, 2.24) is 15.4 Å². The summed E-state index contributed by atoms with van der Waals surface area (Å²) in [6.07, 6.45) is 7.99. The van der Waals surface area contributed by atoms with Gasteiger partial charge in [0.05, 0.1) is 12.8 Å². The van der Waals surface area contributed by atoms with Crippen molar-refractivity contribution in [3.8, 4) is 5.75 Å². The van der Waals surface area contributed by atoms with E-state index in [9.17, 15) is 4.79 Å². The molecule has 6 heteroatoms. The summed E-state index contributed by atoms with van der Waals surface area (Å²) in [5.74, 6) is 1.41. The number of hydrogen-bond acceptors (Lipinski definition) is 5. The van der Waals surface area contributed by atoms with E-state index in [0.29, 0.717) is 11.7 Å². The molecule has 2 fully saturated rings. The van der Waals surface area contributed by atoms with Crippen LogP contribution in [0.25, 0.3) is 0 Å². The van der Waals surface area contributed by atoms with Crippen molar-refractivity contribution in [3.05, 3.63) is 47.3 Å². The molecule has 2 aliphatic rings. The zero-order valence-corrected chi connectivity index (χ0v) is 17.2. The third-order valence-electron chi connectivity index (χ3n) is 6.18. The van der Waals surface area contributed by atoms with Gasteiger partial charge in [0, 0.05) is 31.1 Å². The van der Waals surface area contributed by atoms with Gasteiger partial charge in [-0.05, 0) is 49.9 Å². The van der Waals surface area contributed by atoms with Gasteiger partial charge < -0.3 is 14.6 Å². The van der Waals surface area contributed by atoms with Crippen LogP contribution in [0.1, 0.15) is 72.7 Å². The van der Waals surface area contributed by atoms with Gasteiger partial charge in [0.2, 0.25) is 5.76 Å². The fourth-order valence-electron chi connectivity index (χ4n) is 4.52. The zero-order chi connectivity index (χ0) is 20.1. The Morgan fingerprint density at radius 2 is 1.97 bits per heavy atom. The maximum absolute atomic E-state index is 12.5. The molecule has 2 aromatic rings.